The number of hydrogen-bond acceptors (Lipinski definition) is 2. The molecule has 3 nitrogen and oxygen atoms in total. The molecule has 0 unspecified atom stereocenters. The fourth-order valence-electron chi connectivity index (χ4n) is 2.28. The summed E-state index contributed by atoms with van der Waals surface area (Å²) < 4.78 is 2.29. The van der Waals surface area contributed by atoms with E-state index in [4.69, 9.17) is 5.11 Å². The molecule has 0 aliphatic heterocycles. The SMILES string of the molecule is C[C@@H](C(=O)O)N([Si](C)(C)C)[Si](C)(C)C. The first-order valence-corrected chi connectivity index (χ1v) is 11.9. The van der Waals surface area contributed by atoms with E-state index in [0.29, 0.717) is 0 Å². The van der Waals surface area contributed by atoms with E-state index in [1.165, 1.54) is 0 Å². The number of carbonyl (C=O) groups is 1. The van der Waals surface area contributed by atoms with Crippen LogP contribution in [0.5, 0.6) is 0 Å². The molecule has 5 heteroatoms. The Hall–Kier alpha value is -0.136. The normalized spacial score (nSPS) is 15.7. The lowest BCUT2D eigenvalue weighted by Crippen LogP contribution is -2.64. The molecule has 0 heterocycles. The van der Waals surface area contributed by atoms with E-state index in [-0.39, 0.29) is 6.04 Å². The van der Waals surface area contributed by atoms with Crippen molar-refractivity contribution in [2.24, 2.45) is 0 Å². The van der Waals surface area contributed by atoms with Crippen LogP contribution in [0, 0.1) is 0 Å². The second kappa shape index (κ2) is 4.16. The maximum absolute atomic E-state index is 11.0. The van der Waals surface area contributed by atoms with Crippen molar-refractivity contribution in [1.82, 2.24) is 4.23 Å². The molecule has 0 saturated heterocycles. The van der Waals surface area contributed by atoms with Crippen LogP contribution >= 0.6 is 0 Å². The molecule has 0 radical (unpaired) electrons. The topological polar surface area (TPSA) is 40.5 Å². The average molecular weight is 233 g/mol. The summed E-state index contributed by atoms with van der Waals surface area (Å²) in [5.74, 6) is -0.699. The van der Waals surface area contributed by atoms with Crippen molar-refractivity contribution in [2.75, 3.05) is 0 Å². The number of hydrogen-bond donors (Lipinski definition) is 1. The van der Waals surface area contributed by atoms with Gasteiger partial charge in [-0.05, 0) is 6.92 Å². The number of carboxylic acids is 1. The van der Waals surface area contributed by atoms with E-state index in [9.17, 15) is 4.79 Å². The second-order valence-electron chi connectivity index (χ2n) is 5.73. The lowest BCUT2D eigenvalue weighted by molar-refractivity contribution is -0.140. The molecular formula is C9H23NO2Si2. The highest BCUT2D eigenvalue weighted by molar-refractivity contribution is 6.89. The Labute approximate surface area is 89.3 Å². The highest BCUT2D eigenvalue weighted by Crippen LogP contribution is 2.22. The molecule has 0 rings (SSSR count). The lowest BCUT2D eigenvalue weighted by atomic mass is 10.4. The van der Waals surface area contributed by atoms with Crippen LogP contribution in [0.3, 0.4) is 0 Å². The van der Waals surface area contributed by atoms with Crippen molar-refractivity contribution < 1.29 is 9.90 Å². The number of rotatable bonds is 4. The molecule has 0 aromatic rings. The van der Waals surface area contributed by atoms with Crippen molar-refractivity contribution in [3.05, 3.63) is 0 Å². The summed E-state index contributed by atoms with van der Waals surface area (Å²) >= 11 is 0. The maximum atomic E-state index is 11.0. The summed E-state index contributed by atoms with van der Waals surface area (Å²) in [6.07, 6.45) is 0. The Balaban J connectivity index is 5.03. The minimum Gasteiger partial charge on any atom is -0.480 e. The second-order valence-corrected chi connectivity index (χ2v) is 15.8. The van der Waals surface area contributed by atoms with Gasteiger partial charge in [0, 0.05) is 0 Å². The van der Waals surface area contributed by atoms with Gasteiger partial charge in [0.25, 0.3) is 0 Å². The summed E-state index contributed by atoms with van der Waals surface area (Å²) in [4.78, 5) is 11.0. The first kappa shape index (κ1) is 13.9. The number of aliphatic carboxylic acids is 1. The first-order chi connectivity index (χ1) is 5.98. The van der Waals surface area contributed by atoms with Gasteiger partial charge in [-0.25, -0.2) is 0 Å². The molecule has 84 valence electrons. The first-order valence-electron chi connectivity index (χ1n) is 5.00. The molecule has 14 heavy (non-hydrogen) atoms. The molecule has 0 aromatic carbocycles. The Morgan fingerprint density at radius 1 is 1.07 bits per heavy atom. The highest BCUT2D eigenvalue weighted by Gasteiger charge is 2.40. The van der Waals surface area contributed by atoms with Gasteiger partial charge in [-0.15, -0.1) is 0 Å². The van der Waals surface area contributed by atoms with Crippen molar-refractivity contribution in [2.45, 2.75) is 52.2 Å². The van der Waals surface area contributed by atoms with E-state index in [2.05, 4.69) is 43.5 Å². The molecule has 0 aliphatic carbocycles. The van der Waals surface area contributed by atoms with Crippen LogP contribution in [0.1, 0.15) is 6.92 Å². The van der Waals surface area contributed by atoms with Gasteiger partial charge >= 0.3 is 5.97 Å². The van der Waals surface area contributed by atoms with Gasteiger partial charge in [-0.2, -0.15) is 0 Å². The number of carboxylic acid groups (broad SMARTS) is 1. The van der Waals surface area contributed by atoms with Crippen LogP contribution in [0.4, 0.5) is 0 Å². The third-order valence-corrected chi connectivity index (χ3v) is 9.88. The zero-order valence-electron chi connectivity index (χ0n) is 10.4. The van der Waals surface area contributed by atoms with Gasteiger partial charge in [-0.3, -0.25) is 4.79 Å². The third-order valence-electron chi connectivity index (χ3n) is 2.19. The molecule has 0 aromatic heterocycles. The molecular weight excluding hydrogens is 210 g/mol. The quantitative estimate of drug-likeness (QED) is 0.758. The Kier molecular flexibility index (Phi) is 4.12. The molecule has 0 bridgehead atoms. The monoisotopic (exact) mass is 233 g/mol. The molecule has 0 saturated carbocycles. The third kappa shape index (κ3) is 3.55. The minimum atomic E-state index is -1.53. The van der Waals surface area contributed by atoms with Crippen LogP contribution in [-0.4, -0.2) is 37.8 Å². The lowest BCUT2D eigenvalue weighted by Gasteiger charge is -2.46. The average Bonchev–Trinajstić information content (AvgIpc) is 1.79. The zero-order valence-corrected chi connectivity index (χ0v) is 12.4. The van der Waals surface area contributed by atoms with E-state index < -0.39 is 22.4 Å². The standard InChI is InChI=1S/C9H23NO2Si2/c1-8(9(11)12)10(13(2,3)4)14(5,6)7/h8H,1-7H3,(H,11,12)/t8-/m0/s1. The van der Waals surface area contributed by atoms with Gasteiger partial charge in [0.1, 0.15) is 16.5 Å². The summed E-state index contributed by atoms with van der Waals surface area (Å²) in [6, 6.07) is -0.340. The van der Waals surface area contributed by atoms with Crippen LogP contribution in [0.25, 0.3) is 0 Å². The molecule has 0 amide bonds. The maximum Gasteiger partial charge on any atom is 0.319 e. The number of nitrogens with zero attached hydrogens (tertiary/aromatic N) is 1. The Morgan fingerprint density at radius 3 is 1.43 bits per heavy atom. The highest BCUT2D eigenvalue weighted by atomic mass is 28.4. The summed E-state index contributed by atoms with van der Waals surface area (Å²) in [7, 11) is -3.07. The van der Waals surface area contributed by atoms with Crippen LogP contribution in [0.15, 0.2) is 0 Å². The molecule has 1 N–H and O–H groups in total. The van der Waals surface area contributed by atoms with Gasteiger partial charge in [0.15, 0.2) is 0 Å². The Bertz CT molecular complexity index is 204. The van der Waals surface area contributed by atoms with Gasteiger partial charge in [0.2, 0.25) is 0 Å². The van der Waals surface area contributed by atoms with Crippen LogP contribution in [-0.2, 0) is 4.79 Å². The van der Waals surface area contributed by atoms with E-state index >= 15 is 0 Å². The molecule has 0 aliphatic rings. The van der Waals surface area contributed by atoms with Crippen LogP contribution < -0.4 is 0 Å². The van der Waals surface area contributed by atoms with Crippen LogP contribution in [0.2, 0.25) is 39.3 Å². The summed E-state index contributed by atoms with van der Waals surface area (Å²) in [5, 5.41) is 9.08. The predicted molar refractivity (Wildman–Crippen MR) is 65.6 cm³/mol. The van der Waals surface area contributed by atoms with Crippen molar-refractivity contribution in [3.63, 3.8) is 0 Å². The van der Waals surface area contributed by atoms with Crippen molar-refractivity contribution in [3.8, 4) is 0 Å². The molecule has 0 fully saturated rings. The van der Waals surface area contributed by atoms with Crippen molar-refractivity contribution in [1.29, 1.82) is 0 Å². The predicted octanol–water partition coefficient (Wildman–Crippen LogP) is 2.43. The molecule has 1 atom stereocenters. The minimum absolute atomic E-state index is 0.340. The van der Waals surface area contributed by atoms with Gasteiger partial charge < -0.3 is 9.34 Å². The Morgan fingerprint density at radius 2 is 1.36 bits per heavy atom. The fraction of sp³-hybridized carbons (Fsp3) is 0.889. The fourth-order valence-corrected chi connectivity index (χ4v) is 12.9. The van der Waals surface area contributed by atoms with E-state index in [1.54, 1.807) is 6.92 Å². The smallest absolute Gasteiger partial charge is 0.319 e. The molecule has 0 spiro atoms. The largest absolute Gasteiger partial charge is 0.480 e. The van der Waals surface area contributed by atoms with Gasteiger partial charge in [-0.1, -0.05) is 39.3 Å². The zero-order chi connectivity index (χ0) is 11.7. The van der Waals surface area contributed by atoms with E-state index in [0.717, 1.165) is 0 Å². The summed E-state index contributed by atoms with van der Waals surface area (Å²) in [6.45, 7) is 15.1. The van der Waals surface area contributed by atoms with Gasteiger partial charge in [0.05, 0.1) is 6.04 Å². The van der Waals surface area contributed by atoms with Crippen molar-refractivity contribution >= 4 is 22.4 Å². The van der Waals surface area contributed by atoms with E-state index in [1.807, 2.05) is 0 Å². The summed E-state index contributed by atoms with van der Waals surface area (Å²) in [5.41, 5.74) is 0.